The molecule has 2 aromatic heterocycles. The minimum atomic E-state index is -4.68. The van der Waals surface area contributed by atoms with Gasteiger partial charge >= 0.3 is 6.18 Å². The number of hydrogen-bond donors (Lipinski definition) is 0. The number of methoxy groups -OCH3 is 1. The van der Waals surface area contributed by atoms with E-state index in [1.807, 2.05) is 18.2 Å². The van der Waals surface area contributed by atoms with Crippen LogP contribution in [0, 0.1) is 0 Å². The summed E-state index contributed by atoms with van der Waals surface area (Å²) in [5.74, 6) is 0.121. The second-order valence-electron chi connectivity index (χ2n) is 7.78. The Morgan fingerprint density at radius 1 is 1.12 bits per heavy atom. The number of halogens is 3. The summed E-state index contributed by atoms with van der Waals surface area (Å²) in [6, 6.07) is 8.78. The summed E-state index contributed by atoms with van der Waals surface area (Å²) in [6.45, 7) is 0.437. The summed E-state index contributed by atoms with van der Waals surface area (Å²) in [5.41, 5.74) is 1.67. The van der Waals surface area contributed by atoms with Gasteiger partial charge in [-0.2, -0.15) is 18.3 Å². The maximum atomic E-state index is 13.9. The number of alkyl halides is 3. The predicted octanol–water partition coefficient (Wildman–Crippen LogP) is 5.04. The van der Waals surface area contributed by atoms with Crippen LogP contribution in [0.3, 0.4) is 0 Å². The van der Waals surface area contributed by atoms with Crippen LogP contribution in [0.25, 0.3) is 16.9 Å². The van der Waals surface area contributed by atoms with Gasteiger partial charge in [0.15, 0.2) is 17.0 Å². The molecule has 0 saturated heterocycles. The summed E-state index contributed by atoms with van der Waals surface area (Å²) in [4.78, 5) is 18.9. The molecule has 1 amide bonds. The minimum absolute atomic E-state index is 0.0511. The maximum absolute atomic E-state index is 13.9. The Bertz CT molecular complexity index is 1330. The molecule has 0 atom stereocenters. The predicted molar refractivity (Wildman–Crippen MR) is 116 cm³/mol. The van der Waals surface area contributed by atoms with E-state index in [0.29, 0.717) is 35.2 Å². The fraction of sp³-hybridized carbons (Fsp3) is 0.208. The molecule has 0 fully saturated rings. The molecule has 0 bridgehead atoms. The zero-order chi connectivity index (χ0) is 23.2. The third kappa shape index (κ3) is 3.90. The van der Waals surface area contributed by atoms with Crippen LogP contribution in [-0.4, -0.2) is 39.1 Å². The van der Waals surface area contributed by atoms with E-state index < -0.39 is 17.8 Å². The van der Waals surface area contributed by atoms with E-state index in [1.165, 1.54) is 23.6 Å². The molecule has 0 radical (unpaired) electrons. The molecule has 0 saturated carbocycles. The van der Waals surface area contributed by atoms with Gasteiger partial charge in [-0.1, -0.05) is 18.2 Å². The first-order valence-electron chi connectivity index (χ1n) is 10.3. The summed E-state index contributed by atoms with van der Waals surface area (Å²) in [7, 11) is 1.51. The number of ether oxygens (including phenoxy) is 1. The maximum Gasteiger partial charge on any atom is 0.433 e. The van der Waals surface area contributed by atoms with Crippen molar-refractivity contribution in [3.63, 3.8) is 0 Å². The first-order chi connectivity index (χ1) is 15.8. The molecular formula is C24H19F3N4O2. The quantitative estimate of drug-likeness (QED) is 0.559. The van der Waals surface area contributed by atoms with Crippen molar-refractivity contribution in [2.24, 2.45) is 0 Å². The largest absolute Gasteiger partial charge is 0.497 e. The van der Waals surface area contributed by atoms with Crippen LogP contribution in [0.1, 0.15) is 29.0 Å². The van der Waals surface area contributed by atoms with Crippen LogP contribution in [0.2, 0.25) is 0 Å². The number of benzene rings is 1. The average molecular weight is 452 g/mol. The summed E-state index contributed by atoms with van der Waals surface area (Å²) >= 11 is 0. The molecule has 5 rings (SSSR count). The molecule has 6 nitrogen and oxygen atoms in total. The van der Waals surface area contributed by atoms with Gasteiger partial charge < -0.3 is 9.64 Å². The molecule has 3 aromatic rings. The van der Waals surface area contributed by atoms with Crippen molar-refractivity contribution in [2.45, 2.75) is 19.0 Å². The molecule has 9 heteroatoms. The Morgan fingerprint density at radius 2 is 1.91 bits per heavy atom. The molecule has 168 valence electrons. The Morgan fingerprint density at radius 3 is 2.64 bits per heavy atom. The van der Waals surface area contributed by atoms with Gasteiger partial charge in [0.05, 0.1) is 12.8 Å². The van der Waals surface area contributed by atoms with Gasteiger partial charge in [-0.05, 0) is 54.3 Å². The molecule has 0 unspecified atom stereocenters. The lowest BCUT2D eigenvalue weighted by Crippen LogP contribution is -2.31. The van der Waals surface area contributed by atoms with Crippen LogP contribution >= 0.6 is 0 Å². The smallest absolute Gasteiger partial charge is 0.433 e. The van der Waals surface area contributed by atoms with Crippen molar-refractivity contribution in [2.75, 3.05) is 13.7 Å². The van der Waals surface area contributed by atoms with Crippen molar-refractivity contribution >= 4 is 11.6 Å². The van der Waals surface area contributed by atoms with Crippen molar-refractivity contribution < 1.29 is 22.7 Å². The number of fused-ring (bicyclic) bond motifs is 2. The lowest BCUT2D eigenvalue weighted by molar-refractivity contribution is -0.142. The van der Waals surface area contributed by atoms with Crippen LogP contribution in [0.4, 0.5) is 13.2 Å². The van der Waals surface area contributed by atoms with Gasteiger partial charge in [-0.25, -0.2) is 9.50 Å². The van der Waals surface area contributed by atoms with E-state index in [4.69, 9.17) is 4.74 Å². The number of amides is 1. The lowest BCUT2D eigenvalue weighted by atomic mass is 9.93. The summed E-state index contributed by atoms with van der Waals surface area (Å²) in [5, 5.41) is 3.99. The standard InChI is InChI=1S/C24H19F3N4O2/c1-33-18-8-6-16(7-9-18)19-12-21(24(25,26)27)31-22(28-19)13-20(29-31)23(32)30-11-10-15-4-2-3-5-17(15)14-30/h2-4,6-9,12-14H,5,10-11H2,1H3. The van der Waals surface area contributed by atoms with E-state index in [0.717, 1.165) is 11.6 Å². The molecule has 1 aromatic carbocycles. The fourth-order valence-corrected chi connectivity index (χ4v) is 3.99. The Balaban J connectivity index is 1.55. The van der Waals surface area contributed by atoms with Crippen LogP contribution in [-0.2, 0) is 6.18 Å². The van der Waals surface area contributed by atoms with E-state index in [2.05, 4.69) is 10.1 Å². The second-order valence-corrected chi connectivity index (χ2v) is 7.78. The fourth-order valence-electron chi connectivity index (χ4n) is 3.99. The highest BCUT2D eigenvalue weighted by Crippen LogP contribution is 2.33. The molecule has 1 aliphatic heterocycles. The zero-order valence-corrected chi connectivity index (χ0v) is 17.6. The van der Waals surface area contributed by atoms with Gasteiger partial charge in [0.2, 0.25) is 0 Å². The van der Waals surface area contributed by atoms with E-state index in [1.54, 1.807) is 30.5 Å². The van der Waals surface area contributed by atoms with E-state index in [9.17, 15) is 18.0 Å². The van der Waals surface area contributed by atoms with Gasteiger partial charge in [0.25, 0.3) is 5.91 Å². The average Bonchev–Trinajstić information content (AvgIpc) is 3.26. The number of carbonyl (C=O) groups excluding carboxylic acids is 1. The molecule has 1 aliphatic carbocycles. The lowest BCUT2D eigenvalue weighted by Gasteiger charge is -2.27. The first-order valence-corrected chi connectivity index (χ1v) is 10.3. The number of nitrogens with zero attached hydrogens (tertiary/aromatic N) is 4. The molecular weight excluding hydrogens is 433 g/mol. The van der Waals surface area contributed by atoms with Crippen molar-refractivity contribution in [1.29, 1.82) is 0 Å². The van der Waals surface area contributed by atoms with Gasteiger partial charge in [0, 0.05) is 24.4 Å². The summed E-state index contributed by atoms with van der Waals surface area (Å²) < 4.78 is 47.4. The number of aromatic nitrogens is 3. The zero-order valence-electron chi connectivity index (χ0n) is 17.6. The SMILES string of the molecule is COc1ccc(-c2cc(C(F)(F)F)n3nc(C(=O)N4C=C5CC=CC=C5CC4)cc3n2)cc1. The van der Waals surface area contributed by atoms with E-state index >= 15 is 0 Å². The minimum Gasteiger partial charge on any atom is -0.497 e. The molecule has 2 aliphatic rings. The third-order valence-corrected chi connectivity index (χ3v) is 5.70. The number of rotatable bonds is 3. The van der Waals surface area contributed by atoms with Crippen LogP contribution in [0.5, 0.6) is 5.75 Å². The normalized spacial score (nSPS) is 15.8. The molecule has 0 N–H and O–H groups in total. The number of carbonyl (C=O) groups is 1. The van der Waals surface area contributed by atoms with Crippen LogP contribution < -0.4 is 4.74 Å². The first kappa shape index (κ1) is 21.0. The van der Waals surface area contributed by atoms with Gasteiger partial charge in [-0.15, -0.1) is 0 Å². The number of allylic oxidation sites excluding steroid dienone is 4. The molecule has 3 heterocycles. The van der Waals surface area contributed by atoms with Crippen molar-refractivity contribution in [3.05, 3.63) is 83.4 Å². The highest BCUT2D eigenvalue weighted by Gasteiger charge is 2.36. The third-order valence-electron chi connectivity index (χ3n) is 5.70. The highest BCUT2D eigenvalue weighted by atomic mass is 19.4. The number of hydrogen-bond acceptors (Lipinski definition) is 4. The van der Waals surface area contributed by atoms with E-state index in [-0.39, 0.29) is 17.0 Å². The Kier molecular flexibility index (Phi) is 5.03. The van der Waals surface area contributed by atoms with Crippen molar-refractivity contribution in [1.82, 2.24) is 19.5 Å². The topological polar surface area (TPSA) is 59.7 Å². The molecule has 0 spiro atoms. The van der Waals surface area contributed by atoms with Crippen molar-refractivity contribution in [3.8, 4) is 17.0 Å². The Labute approximate surface area is 187 Å². The van der Waals surface area contributed by atoms with Gasteiger partial charge in [0.1, 0.15) is 5.75 Å². The second kappa shape index (κ2) is 7.91. The van der Waals surface area contributed by atoms with Crippen LogP contribution in [0.15, 0.2) is 72.0 Å². The Hall–Kier alpha value is -3.88. The monoisotopic (exact) mass is 452 g/mol. The highest BCUT2D eigenvalue weighted by molar-refractivity contribution is 5.94. The molecule has 33 heavy (non-hydrogen) atoms. The van der Waals surface area contributed by atoms with Gasteiger partial charge in [-0.3, -0.25) is 4.79 Å². The summed E-state index contributed by atoms with van der Waals surface area (Å²) in [6.07, 6.45) is 4.46.